The van der Waals surface area contributed by atoms with E-state index in [1.165, 1.54) is 12.1 Å². The second-order valence-electron chi connectivity index (χ2n) is 4.97. The van der Waals surface area contributed by atoms with Gasteiger partial charge in [-0.2, -0.15) is 5.10 Å². The number of anilines is 2. The lowest BCUT2D eigenvalue weighted by molar-refractivity contribution is -0.116. The van der Waals surface area contributed by atoms with Crippen LogP contribution in [-0.2, 0) is 4.79 Å². The van der Waals surface area contributed by atoms with Crippen LogP contribution in [0.3, 0.4) is 0 Å². The number of carbonyl (C=O) groups excluding carboxylic acids is 1. The molecule has 1 unspecified atom stereocenters. The second-order valence-corrected chi connectivity index (χ2v) is 4.97. The van der Waals surface area contributed by atoms with Crippen molar-refractivity contribution in [1.82, 2.24) is 10.2 Å². The third-order valence-corrected chi connectivity index (χ3v) is 3.60. The number of nitrogens with one attached hydrogen (secondary N) is 3. The molecule has 1 atom stereocenters. The van der Waals surface area contributed by atoms with Gasteiger partial charge in [-0.1, -0.05) is 0 Å². The highest BCUT2D eigenvalue weighted by Gasteiger charge is 2.30. The molecule has 104 valence electrons. The Morgan fingerprint density at radius 3 is 3.00 bits per heavy atom. The van der Waals surface area contributed by atoms with Crippen molar-refractivity contribution in [1.29, 1.82) is 0 Å². The first-order valence-corrected chi connectivity index (χ1v) is 6.51. The molecule has 0 aliphatic carbocycles. The molecule has 3 aromatic rings. The van der Waals surface area contributed by atoms with Gasteiger partial charge < -0.3 is 10.6 Å². The SMILES string of the molecule is O=C1Nc2ccc(F)cc2C1Nc1ccc2cn[nH]c2c1. The molecular weight excluding hydrogens is 271 g/mol. The fraction of sp³-hybridized carbons (Fsp3) is 0.0667. The van der Waals surface area contributed by atoms with Gasteiger partial charge in [0.2, 0.25) is 0 Å². The van der Waals surface area contributed by atoms with Crippen molar-refractivity contribution in [3.63, 3.8) is 0 Å². The van der Waals surface area contributed by atoms with E-state index in [2.05, 4.69) is 20.8 Å². The number of fused-ring (bicyclic) bond motifs is 2. The van der Waals surface area contributed by atoms with E-state index in [1.54, 1.807) is 12.3 Å². The van der Waals surface area contributed by atoms with Crippen molar-refractivity contribution < 1.29 is 9.18 Å². The molecular formula is C15H11FN4O. The number of aromatic amines is 1. The summed E-state index contributed by atoms with van der Waals surface area (Å²) in [7, 11) is 0. The Kier molecular flexibility index (Phi) is 2.44. The monoisotopic (exact) mass is 282 g/mol. The Labute approximate surface area is 119 Å². The average molecular weight is 282 g/mol. The van der Waals surface area contributed by atoms with Crippen molar-refractivity contribution in [2.24, 2.45) is 0 Å². The van der Waals surface area contributed by atoms with Crippen LogP contribution in [-0.4, -0.2) is 16.1 Å². The molecule has 0 bridgehead atoms. The highest BCUT2D eigenvalue weighted by molar-refractivity contribution is 6.04. The van der Waals surface area contributed by atoms with Gasteiger partial charge in [0.05, 0.1) is 11.7 Å². The Bertz CT molecular complexity index is 858. The van der Waals surface area contributed by atoms with Crippen LogP contribution in [0, 0.1) is 5.82 Å². The van der Waals surface area contributed by atoms with Gasteiger partial charge in [-0.25, -0.2) is 4.39 Å². The summed E-state index contributed by atoms with van der Waals surface area (Å²) in [6, 6.07) is 9.31. The van der Waals surface area contributed by atoms with Crippen LogP contribution >= 0.6 is 0 Å². The number of H-pyrrole nitrogens is 1. The number of aromatic nitrogens is 2. The molecule has 0 fully saturated rings. The summed E-state index contributed by atoms with van der Waals surface area (Å²) in [5, 5.41) is 13.7. The van der Waals surface area contributed by atoms with Gasteiger partial charge in [0.1, 0.15) is 11.9 Å². The first kappa shape index (κ1) is 11.9. The molecule has 2 heterocycles. The van der Waals surface area contributed by atoms with Crippen molar-refractivity contribution >= 4 is 28.2 Å². The van der Waals surface area contributed by atoms with Gasteiger partial charge in [-0.3, -0.25) is 9.89 Å². The average Bonchev–Trinajstić information content (AvgIpc) is 3.04. The molecule has 21 heavy (non-hydrogen) atoms. The Morgan fingerprint density at radius 2 is 2.10 bits per heavy atom. The van der Waals surface area contributed by atoms with Gasteiger partial charge in [0.25, 0.3) is 5.91 Å². The molecule has 1 aromatic heterocycles. The van der Waals surface area contributed by atoms with Crippen LogP contribution in [0.1, 0.15) is 11.6 Å². The Morgan fingerprint density at radius 1 is 1.19 bits per heavy atom. The number of nitrogens with zero attached hydrogens (tertiary/aromatic N) is 1. The predicted octanol–water partition coefficient (Wildman–Crippen LogP) is 2.81. The lowest BCUT2D eigenvalue weighted by atomic mass is 10.1. The van der Waals surface area contributed by atoms with Crippen LogP contribution in [0.15, 0.2) is 42.6 Å². The molecule has 1 aliphatic heterocycles. The topological polar surface area (TPSA) is 69.8 Å². The summed E-state index contributed by atoms with van der Waals surface area (Å²) in [4.78, 5) is 12.0. The molecule has 2 aromatic carbocycles. The van der Waals surface area contributed by atoms with Gasteiger partial charge in [-0.15, -0.1) is 0 Å². The van der Waals surface area contributed by atoms with Gasteiger partial charge in [-0.05, 0) is 36.4 Å². The molecule has 6 heteroatoms. The van der Waals surface area contributed by atoms with E-state index in [-0.39, 0.29) is 11.7 Å². The third kappa shape index (κ3) is 1.92. The zero-order valence-electron chi connectivity index (χ0n) is 10.9. The molecule has 4 rings (SSSR count). The maximum Gasteiger partial charge on any atom is 0.251 e. The van der Waals surface area contributed by atoms with E-state index in [4.69, 9.17) is 0 Å². The molecule has 0 saturated heterocycles. The van der Waals surface area contributed by atoms with Crippen LogP contribution < -0.4 is 10.6 Å². The quantitative estimate of drug-likeness (QED) is 0.677. The highest BCUT2D eigenvalue weighted by atomic mass is 19.1. The number of rotatable bonds is 2. The van der Waals surface area contributed by atoms with Crippen LogP contribution in [0.25, 0.3) is 10.9 Å². The van der Waals surface area contributed by atoms with E-state index in [0.29, 0.717) is 11.3 Å². The third-order valence-electron chi connectivity index (χ3n) is 3.60. The standard InChI is InChI=1S/C15H11FN4O/c16-9-2-4-12-11(5-9)14(15(21)19-12)18-10-3-1-8-7-17-20-13(8)6-10/h1-7,14,18H,(H,17,20)(H,19,21). The zero-order chi connectivity index (χ0) is 14.4. The summed E-state index contributed by atoms with van der Waals surface area (Å²) in [5.74, 6) is -0.554. The second kappa shape index (κ2) is 4.31. The summed E-state index contributed by atoms with van der Waals surface area (Å²) < 4.78 is 13.4. The number of hydrogen-bond donors (Lipinski definition) is 3. The minimum atomic E-state index is -0.601. The lowest BCUT2D eigenvalue weighted by Gasteiger charge is -2.13. The largest absolute Gasteiger partial charge is 0.370 e. The Hall–Kier alpha value is -2.89. The van der Waals surface area contributed by atoms with E-state index in [0.717, 1.165) is 16.6 Å². The fourth-order valence-corrected chi connectivity index (χ4v) is 2.57. The van der Waals surface area contributed by atoms with E-state index in [1.807, 2.05) is 18.2 Å². The van der Waals surface area contributed by atoms with E-state index < -0.39 is 6.04 Å². The summed E-state index contributed by atoms with van der Waals surface area (Å²) >= 11 is 0. The Balaban J connectivity index is 1.70. The number of halogens is 1. The zero-order valence-corrected chi connectivity index (χ0v) is 10.9. The van der Waals surface area contributed by atoms with Crippen molar-refractivity contribution in [2.45, 2.75) is 6.04 Å². The van der Waals surface area contributed by atoms with Crippen LogP contribution in [0.4, 0.5) is 15.8 Å². The molecule has 1 aliphatic rings. The predicted molar refractivity (Wildman–Crippen MR) is 77.5 cm³/mol. The minimum absolute atomic E-state index is 0.194. The van der Waals surface area contributed by atoms with Crippen LogP contribution in [0.2, 0.25) is 0 Å². The fourth-order valence-electron chi connectivity index (χ4n) is 2.57. The van der Waals surface area contributed by atoms with Gasteiger partial charge >= 0.3 is 0 Å². The van der Waals surface area contributed by atoms with Crippen molar-refractivity contribution in [3.05, 3.63) is 54.0 Å². The first-order chi connectivity index (χ1) is 10.2. The molecule has 0 spiro atoms. The number of hydrogen-bond acceptors (Lipinski definition) is 3. The first-order valence-electron chi connectivity index (χ1n) is 6.51. The smallest absolute Gasteiger partial charge is 0.251 e. The molecule has 3 N–H and O–H groups in total. The van der Waals surface area contributed by atoms with Crippen molar-refractivity contribution in [2.75, 3.05) is 10.6 Å². The molecule has 1 amide bonds. The molecule has 5 nitrogen and oxygen atoms in total. The van der Waals surface area contributed by atoms with E-state index in [9.17, 15) is 9.18 Å². The van der Waals surface area contributed by atoms with E-state index >= 15 is 0 Å². The number of amides is 1. The minimum Gasteiger partial charge on any atom is -0.370 e. The lowest BCUT2D eigenvalue weighted by Crippen LogP contribution is -2.19. The number of carbonyl (C=O) groups is 1. The van der Waals surface area contributed by atoms with Gasteiger partial charge in [0, 0.05) is 22.3 Å². The maximum absolute atomic E-state index is 13.4. The van der Waals surface area contributed by atoms with Gasteiger partial charge in [0.15, 0.2) is 0 Å². The summed E-state index contributed by atoms with van der Waals surface area (Å²) in [6.45, 7) is 0. The normalized spacial score (nSPS) is 16.8. The molecule has 0 saturated carbocycles. The highest BCUT2D eigenvalue weighted by Crippen LogP contribution is 2.34. The number of benzene rings is 2. The maximum atomic E-state index is 13.4. The molecule has 0 radical (unpaired) electrons. The van der Waals surface area contributed by atoms with Crippen molar-refractivity contribution in [3.8, 4) is 0 Å². The summed E-state index contributed by atoms with van der Waals surface area (Å²) in [6.07, 6.45) is 1.73. The summed E-state index contributed by atoms with van der Waals surface area (Å²) in [5.41, 5.74) is 2.90. The van der Waals surface area contributed by atoms with Crippen LogP contribution in [0.5, 0.6) is 0 Å².